The van der Waals surface area contributed by atoms with Crippen molar-refractivity contribution in [1.29, 1.82) is 0 Å². The number of hydrogen-bond donors (Lipinski definition) is 1. The quantitative estimate of drug-likeness (QED) is 0.541. The molecule has 2 aromatic carbocycles. The predicted octanol–water partition coefficient (Wildman–Crippen LogP) is 3.81. The molecule has 0 aliphatic heterocycles. The first-order valence-corrected chi connectivity index (χ1v) is 8.99. The van der Waals surface area contributed by atoms with Crippen LogP contribution in [0.3, 0.4) is 0 Å². The first-order valence-electron chi connectivity index (χ1n) is 8.99. The van der Waals surface area contributed by atoms with E-state index in [0.29, 0.717) is 23.5 Å². The molecule has 6 nitrogen and oxygen atoms in total. The Kier molecular flexibility index (Phi) is 4.87. The highest BCUT2D eigenvalue weighted by Crippen LogP contribution is 2.26. The Hall–Kier alpha value is -3.51. The first-order chi connectivity index (χ1) is 13.6. The maximum absolute atomic E-state index is 12.9. The molecule has 28 heavy (non-hydrogen) atoms. The number of carbonyl (C=O) groups excluding carboxylic acids is 1. The minimum absolute atomic E-state index is 0.290. The Balaban J connectivity index is 1.67. The van der Waals surface area contributed by atoms with Gasteiger partial charge in [0.1, 0.15) is 0 Å². The minimum atomic E-state index is -0.323. The fourth-order valence-corrected chi connectivity index (χ4v) is 3.19. The molecular weight excluding hydrogens is 352 g/mol. The van der Waals surface area contributed by atoms with Crippen LogP contribution >= 0.6 is 0 Å². The number of hydrogen-bond acceptors (Lipinski definition) is 4. The number of benzene rings is 2. The highest BCUT2D eigenvalue weighted by Gasteiger charge is 2.19. The summed E-state index contributed by atoms with van der Waals surface area (Å²) in [6, 6.07) is 21.2. The van der Waals surface area contributed by atoms with Crippen LogP contribution in [0.15, 0.2) is 66.7 Å². The number of fused-ring (bicyclic) bond motifs is 1. The van der Waals surface area contributed by atoms with Gasteiger partial charge in [0.2, 0.25) is 0 Å². The van der Waals surface area contributed by atoms with Crippen molar-refractivity contribution in [2.75, 3.05) is 0 Å². The van der Waals surface area contributed by atoms with E-state index >= 15 is 0 Å². The summed E-state index contributed by atoms with van der Waals surface area (Å²) >= 11 is 0. The average molecular weight is 372 g/mol. The van der Waals surface area contributed by atoms with Gasteiger partial charge in [-0.05, 0) is 18.6 Å². The SMILES string of the molecule is Cc1nn(C)c2nc(-c3ccccc3)cc(C(=O)NOCc3ccccc3)c12. The summed E-state index contributed by atoms with van der Waals surface area (Å²) in [7, 11) is 1.82. The van der Waals surface area contributed by atoms with E-state index < -0.39 is 0 Å². The van der Waals surface area contributed by atoms with E-state index in [4.69, 9.17) is 9.82 Å². The third-order valence-electron chi connectivity index (χ3n) is 4.53. The normalized spacial score (nSPS) is 10.9. The van der Waals surface area contributed by atoms with Crippen molar-refractivity contribution in [3.05, 3.63) is 83.6 Å². The van der Waals surface area contributed by atoms with Crippen molar-refractivity contribution in [3.8, 4) is 11.3 Å². The number of rotatable bonds is 5. The van der Waals surface area contributed by atoms with Crippen LogP contribution in [0.5, 0.6) is 0 Å². The second-order valence-electron chi connectivity index (χ2n) is 6.53. The molecule has 0 bridgehead atoms. The van der Waals surface area contributed by atoms with Gasteiger partial charge in [0, 0.05) is 12.6 Å². The van der Waals surface area contributed by atoms with E-state index in [9.17, 15) is 4.79 Å². The van der Waals surface area contributed by atoms with Gasteiger partial charge in [-0.1, -0.05) is 60.7 Å². The summed E-state index contributed by atoms with van der Waals surface area (Å²) < 4.78 is 1.69. The van der Waals surface area contributed by atoms with Crippen LogP contribution in [-0.4, -0.2) is 20.7 Å². The van der Waals surface area contributed by atoms with Crippen LogP contribution in [0.1, 0.15) is 21.6 Å². The van der Waals surface area contributed by atoms with Crippen LogP contribution in [0, 0.1) is 6.92 Å². The number of nitrogens with zero attached hydrogens (tertiary/aromatic N) is 3. The topological polar surface area (TPSA) is 69.0 Å². The van der Waals surface area contributed by atoms with Gasteiger partial charge in [-0.2, -0.15) is 5.10 Å². The van der Waals surface area contributed by atoms with Crippen LogP contribution in [-0.2, 0) is 18.5 Å². The number of amides is 1. The average Bonchev–Trinajstić information content (AvgIpc) is 3.02. The molecule has 0 saturated heterocycles. The lowest BCUT2D eigenvalue weighted by Crippen LogP contribution is -2.24. The smallest absolute Gasteiger partial charge is 0.269 e. The number of carbonyl (C=O) groups is 1. The number of aryl methyl sites for hydroxylation is 2. The summed E-state index contributed by atoms with van der Waals surface area (Å²) in [5.74, 6) is -0.323. The zero-order valence-corrected chi connectivity index (χ0v) is 15.7. The van der Waals surface area contributed by atoms with Gasteiger partial charge in [0.15, 0.2) is 5.65 Å². The molecule has 0 atom stereocenters. The van der Waals surface area contributed by atoms with Gasteiger partial charge >= 0.3 is 0 Å². The number of hydroxylamine groups is 1. The van der Waals surface area contributed by atoms with Crippen molar-refractivity contribution in [2.45, 2.75) is 13.5 Å². The lowest BCUT2D eigenvalue weighted by Gasteiger charge is -2.10. The highest BCUT2D eigenvalue weighted by molar-refractivity contribution is 6.07. The molecule has 0 radical (unpaired) electrons. The second-order valence-corrected chi connectivity index (χ2v) is 6.53. The summed E-state index contributed by atoms with van der Waals surface area (Å²) in [5.41, 5.74) is 7.07. The largest absolute Gasteiger partial charge is 0.275 e. The molecule has 0 spiro atoms. The highest BCUT2D eigenvalue weighted by atomic mass is 16.6. The van der Waals surface area contributed by atoms with Crippen molar-refractivity contribution in [1.82, 2.24) is 20.2 Å². The fourth-order valence-electron chi connectivity index (χ4n) is 3.19. The molecule has 4 aromatic rings. The van der Waals surface area contributed by atoms with Crippen molar-refractivity contribution < 1.29 is 9.63 Å². The molecule has 140 valence electrons. The first kappa shape index (κ1) is 17.9. The maximum atomic E-state index is 12.9. The number of pyridine rings is 1. The van der Waals surface area contributed by atoms with E-state index in [-0.39, 0.29) is 5.91 Å². The van der Waals surface area contributed by atoms with E-state index in [1.54, 1.807) is 10.7 Å². The van der Waals surface area contributed by atoms with Crippen LogP contribution in [0.2, 0.25) is 0 Å². The van der Waals surface area contributed by atoms with Gasteiger partial charge in [-0.25, -0.2) is 10.5 Å². The van der Waals surface area contributed by atoms with E-state index in [2.05, 4.69) is 10.6 Å². The summed E-state index contributed by atoms with van der Waals surface area (Å²) in [6.07, 6.45) is 0. The van der Waals surface area contributed by atoms with Gasteiger partial charge in [-0.15, -0.1) is 0 Å². The van der Waals surface area contributed by atoms with E-state index in [0.717, 1.165) is 22.2 Å². The molecule has 0 saturated carbocycles. The number of aromatic nitrogens is 3. The monoisotopic (exact) mass is 372 g/mol. The van der Waals surface area contributed by atoms with E-state index in [1.807, 2.05) is 74.6 Å². The minimum Gasteiger partial charge on any atom is -0.269 e. The molecule has 1 N–H and O–H groups in total. The molecule has 0 unspecified atom stereocenters. The molecular formula is C22H20N4O2. The van der Waals surface area contributed by atoms with Crippen LogP contribution < -0.4 is 5.48 Å². The zero-order valence-electron chi connectivity index (χ0n) is 15.7. The molecule has 2 aromatic heterocycles. The van der Waals surface area contributed by atoms with Crippen LogP contribution in [0.25, 0.3) is 22.3 Å². The van der Waals surface area contributed by atoms with Gasteiger partial charge < -0.3 is 0 Å². The van der Waals surface area contributed by atoms with Crippen LogP contribution in [0.4, 0.5) is 0 Å². The Bertz CT molecular complexity index is 1120. The van der Waals surface area contributed by atoms with Gasteiger partial charge in [-0.3, -0.25) is 14.3 Å². The number of nitrogens with one attached hydrogen (secondary N) is 1. The lowest BCUT2D eigenvalue weighted by molar-refractivity contribution is 0.0235. The Labute approximate surface area is 162 Å². The summed E-state index contributed by atoms with van der Waals surface area (Å²) in [6.45, 7) is 2.16. The summed E-state index contributed by atoms with van der Waals surface area (Å²) in [4.78, 5) is 23.0. The second kappa shape index (κ2) is 7.62. The van der Waals surface area contributed by atoms with Crippen molar-refractivity contribution in [2.24, 2.45) is 7.05 Å². The van der Waals surface area contributed by atoms with Gasteiger partial charge in [0.25, 0.3) is 5.91 Å². The van der Waals surface area contributed by atoms with E-state index in [1.165, 1.54) is 0 Å². The standard InChI is InChI=1S/C22H20N4O2/c1-15-20-18(22(27)25-28-14-16-9-5-3-6-10-16)13-19(17-11-7-4-8-12-17)23-21(20)26(2)24-15/h3-13H,14H2,1-2H3,(H,25,27). The molecule has 0 aliphatic rings. The third-order valence-corrected chi connectivity index (χ3v) is 4.53. The third kappa shape index (κ3) is 3.50. The predicted molar refractivity (Wildman–Crippen MR) is 107 cm³/mol. The van der Waals surface area contributed by atoms with Crippen molar-refractivity contribution >= 4 is 16.9 Å². The lowest BCUT2D eigenvalue weighted by atomic mass is 10.1. The molecule has 0 fully saturated rings. The molecule has 6 heteroatoms. The summed E-state index contributed by atoms with van der Waals surface area (Å²) in [5, 5.41) is 5.15. The zero-order chi connectivity index (χ0) is 19.5. The molecule has 0 aliphatic carbocycles. The Morgan fingerprint density at radius 1 is 1.07 bits per heavy atom. The molecule has 4 rings (SSSR count). The van der Waals surface area contributed by atoms with Crippen molar-refractivity contribution in [3.63, 3.8) is 0 Å². The Morgan fingerprint density at radius 3 is 2.46 bits per heavy atom. The fraction of sp³-hybridized carbons (Fsp3) is 0.136. The Morgan fingerprint density at radius 2 is 1.75 bits per heavy atom. The molecule has 1 amide bonds. The van der Waals surface area contributed by atoms with Gasteiger partial charge in [0.05, 0.1) is 28.9 Å². The molecule has 2 heterocycles. The maximum Gasteiger partial charge on any atom is 0.275 e.